The SMILES string of the molecule is CCCCCN(C(=O)Nc1nc(C)cs1)c1ccc(OC(C)(C)C(=O)OCC)cc1. The van der Waals surface area contributed by atoms with Crippen molar-refractivity contribution in [3.05, 3.63) is 35.3 Å². The Morgan fingerprint density at radius 1 is 1.17 bits per heavy atom. The van der Waals surface area contributed by atoms with E-state index >= 15 is 0 Å². The lowest BCUT2D eigenvalue weighted by molar-refractivity contribution is -0.158. The highest BCUT2D eigenvalue weighted by Crippen LogP contribution is 2.25. The predicted octanol–water partition coefficient (Wildman–Crippen LogP) is 5.40. The van der Waals surface area contributed by atoms with E-state index < -0.39 is 11.6 Å². The number of urea groups is 1. The third-order valence-electron chi connectivity index (χ3n) is 4.35. The second-order valence-electron chi connectivity index (χ2n) is 7.41. The number of hydrogen-bond acceptors (Lipinski definition) is 6. The van der Waals surface area contributed by atoms with Crippen molar-refractivity contribution < 1.29 is 19.1 Å². The Kier molecular flexibility index (Phi) is 8.65. The number of ether oxygens (including phenoxy) is 2. The highest BCUT2D eigenvalue weighted by atomic mass is 32.1. The van der Waals surface area contributed by atoms with E-state index in [4.69, 9.17) is 9.47 Å². The number of thiazole rings is 1. The predicted molar refractivity (Wildman–Crippen MR) is 121 cm³/mol. The summed E-state index contributed by atoms with van der Waals surface area (Å²) in [5.74, 6) is 0.106. The fraction of sp³-hybridized carbons (Fsp3) is 0.500. The van der Waals surface area contributed by atoms with Crippen LogP contribution >= 0.6 is 11.3 Å². The van der Waals surface area contributed by atoms with Gasteiger partial charge in [0.05, 0.1) is 12.3 Å². The van der Waals surface area contributed by atoms with E-state index in [2.05, 4.69) is 17.2 Å². The first-order chi connectivity index (χ1) is 14.3. The molecule has 0 bridgehead atoms. The van der Waals surface area contributed by atoms with Gasteiger partial charge in [0.2, 0.25) is 0 Å². The first-order valence-electron chi connectivity index (χ1n) is 10.2. The zero-order valence-electron chi connectivity index (χ0n) is 18.4. The monoisotopic (exact) mass is 433 g/mol. The van der Waals surface area contributed by atoms with E-state index in [-0.39, 0.29) is 6.03 Å². The molecule has 0 aliphatic rings. The minimum atomic E-state index is -1.10. The number of nitrogens with zero attached hydrogens (tertiary/aromatic N) is 2. The van der Waals surface area contributed by atoms with Crippen LogP contribution in [0.1, 0.15) is 52.7 Å². The maximum atomic E-state index is 12.9. The summed E-state index contributed by atoms with van der Waals surface area (Å²) in [7, 11) is 0. The van der Waals surface area contributed by atoms with Crippen molar-refractivity contribution >= 4 is 34.2 Å². The van der Waals surface area contributed by atoms with Crippen LogP contribution in [-0.2, 0) is 9.53 Å². The largest absolute Gasteiger partial charge is 0.476 e. The smallest absolute Gasteiger partial charge is 0.349 e. The van der Waals surface area contributed by atoms with Crippen LogP contribution in [0.4, 0.5) is 15.6 Å². The standard InChI is InChI=1S/C22H31N3O4S/c1-6-8-9-14-25(21(27)24-20-23-16(3)15-30-20)17-10-12-18(13-11-17)29-22(4,5)19(26)28-7-2/h10-13,15H,6-9,14H2,1-5H3,(H,23,24,27). The molecule has 30 heavy (non-hydrogen) atoms. The van der Waals surface area contributed by atoms with Crippen LogP contribution in [0.5, 0.6) is 5.75 Å². The first-order valence-corrected chi connectivity index (χ1v) is 11.1. The van der Waals surface area contributed by atoms with E-state index in [1.54, 1.807) is 37.8 Å². The molecule has 0 spiro atoms. The van der Waals surface area contributed by atoms with Crippen molar-refractivity contribution in [3.63, 3.8) is 0 Å². The Labute approximate surface area is 182 Å². The Hall–Kier alpha value is -2.61. The third-order valence-corrected chi connectivity index (χ3v) is 5.23. The van der Waals surface area contributed by atoms with Crippen LogP contribution in [0.15, 0.2) is 29.6 Å². The summed E-state index contributed by atoms with van der Waals surface area (Å²) in [6.07, 6.45) is 3.00. The van der Waals surface area contributed by atoms with Crippen molar-refractivity contribution in [2.75, 3.05) is 23.4 Å². The molecule has 1 aromatic carbocycles. The molecule has 0 saturated heterocycles. The van der Waals surface area contributed by atoms with Gasteiger partial charge in [0.25, 0.3) is 0 Å². The first kappa shape index (κ1) is 23.7. The maximum Gasteiger partial charge on any atom is 0.349 e. The summed E-state index contributed by atoms with van der Waals surface area (Å²) < 4.78 is 10.9. The van der Waals surface area contributed by atoms with Gasteiger partial charge in [-0.1, -0.05) is 19.8 Å². The number of anilines is 2. The van der Waals surface area contributed by atoms with Crippen LogP contribution in [0, 0.1) is 6.92 Å². The zero-order valence-corrected chi connectivity index (χ0v) is 19.2. The molecule has 1 N–H and O–H groups in total. The van der Waals surface area contributed by atoms with Gasteiger partial charge in [-0.25, -0.2) is 14.6 Å². The minimum Gasteiger partial charge on any atom is -0.476 e. The van der Waals surface area contributed by atoms with Gasteiger partial charge in [0, 0.05) is 17.6 Å². The normalized spacial score (nSPS) is 11.1. The van der Waals surface area contributed by atoms with E-state index in [1.165, 1.54) is 11.3 Å². The molecular formula is C22H31N3O4S. The number of aromatic nitrogens is 1. The highest BCUT2D eigenvalue weighted by molar-refractivity contribution is 7.13. The topological polar surface area (TPSA) is 80.8 Å². The summed E-state index contributed by atoms with van der Waals surface area (Å²) in [6, 6.07) is 6.92. The number of unbranched alkanes of at least 4 members (excludes halogenated alkanes) is 2. The molecule has 0 radical (unpaired) electrons. The maximum absolute atomic E-state index is 12.9. The molecule has 0 atom stereocenters. The molecule has 0 unspecified atom stereocenters. The highest BCUT2D eigenvalue weighted by Gasteiger charge is 2.31. The lowest BCUT2D eigenvalue weighted by atomic mass is 10.1. The number of carbonyl (C=O) groups excluding carboxylic acids is 2. The molecule has 2 aromatic rings. The van der Waals surface area contributed by atoms with Gasteiger partial charge in [-0.05, 0) is 58.4 Å². The summed E-state index contributed by atoms with van der Waals surface area (Å²) in [6.45, 7) is 10.00. The fourth-order valence-corrected chi connectivity index (χ4v) is 3.45. The van der Waals surface area contributed by atoms with Crippen molar-refractivity contribution in [2.24, 2.45) is 0 Å². The Balaban J connectivity index is 2.13. The quantitative estimate of drug-likeness (QED) is 0.401. The van der Waals surface area contributed by atoms with Gasteiger partial charge < -0.3 is 9.47 Å². The molecule has 2 rings (SSSR count). The number of aryl methyl sites for hydroxylation is 1. The Morgan fingerprint density at radius 3 is 2.43 bits per heavy atom. The van der Waals surface area contributed by atoms with Gasteiger partial charge in [-0.2, -0.15) is 0 Å². The molecule has 0 fully saturated rings. The van der Waals surface area contributed by atoms with Crippen molar-refractivity contribution in [1.29, 1.82) is 0 Å². The number of carbonyl (C=O) groups is 2. The molecule has 2 amide bonds. The van der Waals surface area contributed by atoms with E-state index in [0.717, 1.165) is 30.6 Å². The summed E-state index contributed by atoms with van der Waals surface area (Å²) in [4.78, 5) is 30.9. The lowest BCUT2D eigenvalue weighted by Gasteiger charge is -2.25. The van der Waals surface area contributed by atoms with Crippen LogP contribution in [0.3, 0.4) is 0 Å². The number of benzene rings is 1. The number of hydrogen-bond donors (Lipinski definition) is 1. The molecule has 0 saturated carbocycles. The average molecular weight is 434 g/mol. The molecular weight excluding hydrogens is 402 g/mol. The Bertz CT molecular complexity index is 833. The van der Waals surface area contributed by atoms with Gasteiger partial charge in [-0.15, -0.1) is 11.3 Å². The van der Waals surface area contributed by atoms with Crippen LogP contribution in [0.25, 0.3) is 0 Å². The van der Waals surface area contributed by atoms with Crippen LogP contribution in [0.2, 0.25) is 0 Å². The lowest BCUT2D eigenvalue weighted by Crippen LogP contribution is -2.39. The van der Waals surface area contributed by atoms with Crippen LogP contribution in [-0.4, -0.2) is 35.7 Å². The number of amides is 2. The van der Waals surface area contributed by atoms with Crippen molar-refractivity contribution in [1.82, 2.24) is 4.98 Å². The zero-order chi connectivity index (χ0) is 22.1. The molecule has 1 aromatic heterocycles. The molecule has 1 heterocycles. The van der Waals surface area contributed by atoms with Gasteiger partial charge in [-0.3, -0.25) is 10.2 Å². The summed E-state index contributed by atoms with van der Waals surface area (Å²) >= 11 is 1.40. The number of rotatable bonds is 10. The van der Waals surface area contributed by atoms with Gasteiger partial charge in [0.15, 0.2) is 10.7 Å². The Morgan fingerprint density at radius 2 is 1.87 bits per heavy atom. The molecule has 8 heteroatoms. The second kappa shape index (κ2) is 11.0. The summed E-state index contributed by atoms with van der Waals surface area (Å²) in [5, 5.41) is 5.35. The van der Waals surface area contributed by atoms with Gasteiger partial charge >= 0.3 is 12.0 Å². The molecule has 0 aliphatic heterocycles. The summed E-state index contributed by atoms with van der Waals surface area (Å²) in [5.41, 5.74) is 0.523. The van der Waals surface area contributed by atoms with Gasteiger partial charge in [0.1, 0.15) is 5.75 Å². The average Bonchev–Trinajstić information content (AvgIpc) is 3.10. The minimum absolute atomic E-state index is 0.221. The fourth-order valence-electron chi connectivity index (χ4n) is 2.77. The second-order valence-corrected chi connectivity index (χ2v) is 8.27. The van der Waals surface area contributed by atoms with Crippen LogP contribution < -0.4 is 15.0 Å². The number of nitrogens with one attached hydrogen (secondary N) is 1. The van der Waals surface area contributed by atoms with E-state index in [1.807, 2.05) is 24.4 Å². The third kappa shape index (κ3) is 6.73. The van der Waals surface area contributed by atoms with Crippen molar-refractivity contribution in [3.8, 4) is 5.75 Å². The molecule has 7 nitrogen and oxygen atoms in total. The number of esters is 1. The van der Waals surface area contributed by atoms with Crippen molar-refractivity contribution in [2.45, 2.75) is 59.5 Å². The van der Waals surface area contributed by atoms with E-state index in [0.29, 0.717) is 24.0 Å². The molecule has 0 aliphatic carbocycles. The van der Waals surface area contributed by atoms with E-state index in [9.17, 15) is 9.59 Å². The molecule has 164 valence electrons.